The maximum atomic E-state index is 13.4. The van der Waals surface area contributed by atoms with Gasteiger partial charge in [0.1, 0.15) is 0 Å². The Morgan fingerprint density at radius 2 is 1.82 bits per heavy atom. The van der Waals surface area contributed by atoms with Gasteiger partial charge in [-0.2, -0.15) is 0 Å². The first kappa shape index (κ1) is 18.1. The van der Waals surface area contributed by atoms with Gasteiger partial charge >= 0.3 is 0 Å². The predicted molar refractivity (Wildman–Crippen MR) is 90.4 cm³/mol. The zero-order chi connectivity index (χ0) is 16.9. The molecule has 0 atom stereocenters. The van der Waals surface area contributed by atoms with Gasteiger partial charge in [-0.15, -0.1) is 0 Å². The molecule has 120 valence electrons. The molecule has 0 saturated carbocycles. The largest absolute Gasteiger partial charge is 0.358 e. The van der Waals surface area contributed by atoms with E-state index in [-0.39, 0.29) is 0 Å². The number of allylic oxidation sites excluding steroid dienone is 4. The van der Waals surface area contributed by atoms with Gasteiger partial charge in [-0.1, -0.05) is 19.9 Å². The minimum absolute atomic E-state index is 0.334. The van der Waals surface area contributed by atoms with Gasteiger partial charge in [-0.05, 0) is 43.9 Å². The van der Waals surface area contributed by atoms with Crippen LogP contribution in [0.15, 0.2) is 40.0 Å². The number of rotatable bonds is 5. The molecule has 2 nitrogen and oxygen atoms in total. The molecular formula is C18H24F2N2. The second kappa shape index (κ2) is 7.87. The van der Waals surface area contributed by atoms with Gasteiger partial charge in [0.25, 0.3) is 0 Å². The summed E-state index contributed by atoms with van der Waals surface area (Å²) in [6, 6.07) is 2.37. The van der Waals surface area contributed by atoms with E-state index in [1.807, 2.05) is 19.9 Å². The third-order valence-electron chi connectivity index (χ3n) is 3.50. The Labute approximate surface area is 131 Å². The molecular weight excluding hydrogens is 282 g/mol. The van der Waals surface area contributed by atoms with Crippen molar-refractivity contribution in [1.29, 1.82) is 0 Å². The second-order valence-electron chi connectivity index (χ2n) is 5.53. The number of benzene rings is 1. The van der Waals surface area contributed by atoms with Gasteiger partial charge in [0.15, 0.2) is 11.6 Å². The normalized spacial score (nSPS) is 13.8. The number of nitrogens with one attached hydrogen (secondary N) is 1. The van der Waals surface area contributed by atoms with Gasteiger partial charge in [-0.25, -0.2) is 8.78 Å². The number of hydrogen-bond acceptors (Lipinski definition) is 2. The molecule has 0 unspecified atom stereocenters. The quantitative estimate of drug-likeness (QED) is 0.582. The molecule has 1 aromatic rings. The van der Waals surface area contributed by atoms with Gasteiger partial charge in [0, 0.05) is 36.3 Å². The summed E-state index contributed by atoms with van der Waals surface area (Å²) in [5, 5.41) is 3.17. The highest BCUT2D eigenvalue weighted by atomic mass is 19.2. The SMILES string of the molecule is C/C=C(\C(C=NC)=C(C)Nc1cc(F)c(F)cc1C)C(C)C. The predicted octanol–water partition coefficient (Wildman–Crippen LogP) is 5.26. The van der Waals surface area contributed by atoms with Crippen molar-refractivity contribution in [3.63, 3.8) is 0 Å². The number of aryl methyl sites for hydroxylation is 1. The van der Waals surface area contributed by atoms with Crippen LogP contribution in [0.1, 0.15) is 33.3 Å². The van der Waals surface area contributed by atoms with Crippen molar-refractivity contribution in [2.75, 3.05) is 12.4 Å². The Hall–Kier alpha value is -1.97. The van der Waals surface area contributed by atoms with Crippen LogP contribution in [0.3, 0.4) is 0 Å². The van der Waals surface area contributed by atoms with Crippen LogP contribution in [0.2, 0.25) is 0 Å². The van der Waals surface area contributed by atoms with E-state index in [4.69, 9.17) is 0 Å². The van der Waals surface area contributed by atoms with E-state index in [1.165, 1.54) is 12.1 Å². The topological polar surface area (TPSA) is 24.4 Å². The van der Waals surface area contributed by atoms with E-state index in [1.54, 1.807) is 20.2 Å². The fourth-order valence-electron chi connectivity index (χ4n) is 2.37. The van der Waals surface area contributed by atoms with E-state index in [0.717, 1.165) is 16.8 Å². The zero-order valence-electron chi connectivity index (χ0n) is 14.1. The Bertz CT molecular complexity index is 626. The molecule has 0 aliphatic heterocycles. The summed E-state index contributed by atoms with van der Waals surface area (Å²) in [4.78, 5) is 4.11. The Morgan fingerprint density at radius 3 is 2.32 bits per heavy atom. The molecule has 0 amide bonds. The molecule has 0 aromatic heterocycles. The Morgan fingerprint density at radius 1 is 1.23 bits per heavy atom. The zero-order valence-corrected chi connectivity index (χ0v) is 14.1. The van der Waals surface area contributed by atoms with Gasteiger partial charge < -0.3 is 5.32 Å². The van der Waals surface area contributed by atoms with Crippen LogP contribution in [0.4, 0.5) is 14.5 Å². The molecule has 0 radical (unpaired) electrons. The summed E-state index contributed by atoms with van der Waals surface area (Å²) >= 11 is 0. The van der Waals surface area contributed by atoms with Crippen LogP contribution in [0.5, 0.6) is 0 Å². The molecule has 0 fully saturated rings. The van der Waals surface area contributed by atoms with Crippen molar-refractivity contribution in [1.82, 2.24) is 0 Å². The van der Waals surface area contributed by atoms with E-state index in [9.17, 15) is 8.78 Å². The highest BCUT2D eigenvalue weighted by Gasteiger charge is 2.12. The Balaban J connectivity index is 3.30. The van der Waals surface area contributed by atoms with E-state index < -0.39 is 11.6 Å². The van der Waals surface area contributed by atoms with Crippen molar-refractivity contribution >= 4 is 11.9 Å². The van der Waals surface area contributed by atoms with Crippen molar-refractivity contribution < 1.29 is 8.78 Å². The molecule has 0 saturated heterocycles. The van der Waals surface area contributed by atoms with Crippen LogP contribution < -0.4 is 5.32 Å². The number of nitrogens with zero attached hydrogens (tertiary/aromatic N) is 1. The lowest BCUT2D eigenvalue weighted by Gasteiger charge is -2.18. The molecule has 1 N–H and O–H groups in total. The number of halogens is 2. The van der Waals surface area contributed by atoms with E-state index in [2.05, 4.69) is 24.2 Å². The number of anilines is 1. The lowest BCUT2D eigenvalue weighted by Crippen LogP contribution is -2.08. The highest BCUT2D eigenvalue weighted by molar-refractivity contribution is 5.86. The van der Waals surface area contributed by atoms with E-state index >= 15 is 0 Å². The van der Waals surface area contributed by atoms with E-state index in [0.29, 0.717) is 17.2 Å². The van der Waals surface area contributed by atoms with Gasteiger partial charge in [0.2, 0.25) is 0 Å². The smallest absolute Gasteiger partial charge is 0.160 e. The summed E-state index contributed by atoms with van der Waals surface area (Å²) in [6.07, 6.45) is 3.83. The fourth-order valence-corrected chi connectivity index (χ4v) is 2.37. The van der Waals surface area contributed by atoms with Gasteiger partial charge in [-0.3, -0.25) is 4.99 Å². The molecule has 0 aliphatic carbocycles. The van der Waals surface area contributed by atoms with Crippen molar-refractivity contribution in [2.24, 2.45) is 10.9 Å². The maximum Gasteiger partial charge on any atom is 0.160 e. The molecule has 0 spiro atoms. The van der Waals surface area contributed by atoms with Crippen molar-refractivity contribution in [3.05, 3.63) is 52.2 Å². The lowest BCUT2D eigenvalue weighted by atomic mass is 9.94. The maximum absolute atomic E-state index is 13.4. The van der Waals surface area contributed by atoms with Crippen LogP contribution in [-0.2, 0) is 0 Å². The summed E-state index contributed by atoms with van der Waals surface area (Å²) in [6.45, 7) is 9.84. The number of aliphatic imine (C=N–C) groups is 1. The van der Waals surface area contributed by atoms with Crippen LogP contribution >= 0.6 is 0 Å². The molecule has 1 rings (SSSR count). The summed E-state index contributed by atoms with van der Waals surface area (Å²) in [5.74, 6) is -1.36. The molecule has 1 aromatic carbocycles. The Kier molecular flexibility index (Phi) is 6.47. The van der Waals surface area contributed by atoms with Crippen LogP contribution in [-0.4, -0.2) is 13.3 Å². The monoisotopic (exact) mass is 306 g/mol. The number of hydrogen-bond donors (Lipinski definition) is 1. The molecule has 0 aliphatic rings. The minimum atomic E-state index is -0.860. The molecule has 0 heterocycles. The highest BCUT2D eigenvalue weighted by Crippen LogP contribution is 2.25. The summed E-state index contributed by atoms with van der Waals surface area (Å²) < 4.78 is 26.7. The summed E-state index contributed by atoms with van der Waals surface area (Å²) in [5.41, 5.74) is 4.16. The second-order valence-corrected chi connectivity index (χ2v) is 5.53. The molecule has 22 heavy (non-hydrogen) atoms. The third-order valence-corrected chi connectivity index (χ3v) is 3.50. The lowest BCUT2D eigenvalue weighted by molar-refractivity contribution is 0.508. The average molecular weight is 306 g/mol. The first-order chi connectivity index (χ1) is 10.3. The molecule has 0 bridgehead atoms. The first-order valence-corrected chi connectivity index (χ1v) is 7.34. The summed E-state index contributed by atoms with van der Waals surface area (Å²) in [7, 11) is 1.71. The van der Waals surface area contributed by atoms with Crippen LogP contribution in [0.25, 0.3) is 0 Å². The van der Waals surface area contributed by atoms with Crippen LogP contribution in [0, 0.1) is 24.5 Å². The average Bonchev–Trinajstić information content (AvgIpc) is 2.44. The third kappa shape index (κ3) is 4.26. The standard InChI is InChI=1S/C18H24F2N2/c1-7-14(11(2)3)15(10-21-6)13(5)22-18-9-17(20)16(19)8-12(18)4/h7-11,22H,1-6H3/b14-7-,15-13?,21-10?. The first-order valence-electron chi connectivity index (χ1n) is 7.34. The minimum Gasteiger partial charge on any atom is -0.358 e. The molecule has 4 heteroatoms. The van der Waals surface area contributed by atoms with Gasteiger partial charge in [0.05, 0.1) is 0 Å². The van der Waals surface area contributed by atoms with Crippen molar-refractivity contribution in [3.8, 4) is 0 Å². The fraction of sp³-hybridized carbons (Fsp3) is 0.389. The van der Waals surface area contributed by atoms with Crippen molar-refractivity contribution in [2.45, 2.75) is 34.6 Å².